The van der Waals surface area contributed by atoms with Gasteiger partial charge in [-0.25, -0.2) is 0 Å². The van der Waals surface area contributed by atoms with Gasteiger partial charge in [-0.1, -0.05) is 41.7 Å². The topological polar surface area (TPSA) is 98.3 Å². The van der Waals surface area contributed by atoms with Crippen molar-refractivity contribution in [3.05, 3.63) is 59.9 Å². The lowest BCUT2D eigenvalue weighted by molar-refractivity contribution is -0.421. The maximum atomic E-state index is 11.0. The molecule has 0 saturated heterocycles. The van der Waals surface area contributed by atoms with Crippen LogP contribution < -0.4 is 5.32 Å². The molecular weight excluding hydrogens is 362 g/mol. The second kappa shape index (κ2) is 6.64. The molecular formula is C12H10BrN3O4S. The molecule has 1 heterocycles. The first kappa shape index (κ1) is 15.4. The van der Waals surface area contributed by atoms with E-state index in [0.29, 0.717) is 13.0 Å². The first-order chi connectivity index (χ1) is 10.0. The summed E-state index contributed by atoms with van der Waals surface area (Å²) in [6.07, 6.45) is 0.668. The summed E-state index contributed by atoms with van der Waals surface area (Å²) < 4.78 is 0.140. The van der Waals surface area contributed by atoms with Crippen LogP contribution in [0.4, 0.5) is 16.4 Å². The van der Waals surface area contributed by atoms with Gasteiger partial charge in [0.2, 0.25) is 0 Å². The Hall–Kier alpha value is -2.00. The van der Waals surface area contributed by atoms with Gasteiger partial charge in [0.25, 0.3) is 0 Å². The van der Waals surface area contributed by atoms with Crippen LogP contribution in [0.3, 0.4) is 0 Å². The van der Waals surface area contributed by atoms with Crippen LogP contribution in [0.2, 0.25) is 0 Å². The summed E-state index contributed by atoms with van der Waals surface area (Å²) in [5.41, 5.74) is 0.0786. The number of anilines is 1. The highest BCUT2D eigenvalue weighted by atomic mass is 79.9. The smallest absolute Gasteiger partial charge is 0.371 e. The van der Waals surface area contributed by atoms with E-state index < -0.39 is 21.2 Å². The minimum Gasteiger partial charge on any atom is -0.371 e. The molecule has 0 bridgehead atoms. The molecule has 2 aromatic rings. The lowest BCUT2D eigenvalue weighted by Gasteiger charge is -2.03. The van der Waals surface area contributed by atoms with Crippen LogP contribution in [-0.2, 0) is 6.42 Å². The Morgan fingerprint density at radius 3 is 2.29 bits per heavy atom. The van der Waals surface area contributed by atoms with Crippen molar-refractivity contribution in [1.82, 2.24) is 0 Å². The minimum atomic E-state index is -0.749. The lowest BCUT2D eigenvalue weighted by atomic mass is 10.1. The van der Waals surface area contributed by atoms with E-state index >= 15 is 0 Å². The highest BCUT2D eigenvalue weighted by Crippen LogP contribution is 2.48. The van der Waals surface area contributed by atoms with E-state index in [1.165, 1.54) is 0 Å². The number of halogens is 1. The largest absolute Gasteiger partial charge is 0.381 e. The maximum absolute atomic E-state index is 11.0. The molecule has 0 amide bonds. The van der Waals surface area contributed by atoms with Crippen molar-refractivity contribution in [3.8, 4) is 0 Å². The van der Waals surface area contributed by atoms with Gasteiger partial charge in [-0.15, -0.1) is 0 Å². The Morgan fingerprint density at radius 1 is 1.10 bits per heavy atom. The van der Waals surface area contributed by atoms with Crippen molar-refractivity contribution in [1.29, 1.82) is 0 Å². The molecule has 0 fully saturated rings. The fraction of sp³-hybridized carbons (Fsp3) is 0.167. The normalized spacial score (nSPS) is 10.3. The maximum Gasteiger partial charge on any atom is 0.381 e. The first-order valence-corrected chi connectivity index (χ1v) is 7.50. The van der Waals surface area contributed by atoms with E-state index in [4.69, 9.17) is 0 Å². The number of nitrogens with one attached hydrogen (secondary N) is 1. The molecule has 0 aliphatic carbocycles. The number of nitrogens with zero attached hydrogens (tertiary/aromatic N) is 2. The number of rotatable bonds is 6. The summed E-state index contributed by atoms with van der Waals surface area (Å²) >= 11 is 3.96. The van der Waals surface area contributed by atoms with Crippen molar-refractivity contribution in [2.45, 2.75) is 6.42 Å². The van der Waals surface area contributed by atoms with E-state index in [0.717, 1.165) is 16.9 Å². The van der Waals surface area contributed by atoms with Crippen molar-refractivity contribution in [2.24, 2.45) is 0 Å². The molecule has 21 heavy (non-hydrogen) atoms. The molecule has 2 rings (SSSR count). The number of benzene rings is 1. The number of hydrogen-bond donors (Lipinski definition) is 1. The van der Waals surface area contributed by atoms with Crippen molar-refractivity contribution >= 4 is 43.6 Å². The minimum absolute atomic E-state index is 0.140. The zero-order valence-electron chi connectivity index (χ0n) is 10.6. The Bertz CT molecular complexity index is 675. The van der Waals surface area contributed by atoms with Crippen LogP contribution >= 0.6 is 27.3 Å². The van der Waals surface area contributed by atoms with Gasteiger partial charge in [0, 0.05) is 6.54 Å². The van der Waals surface area contributed by atoms with Crippen LogP contribution in [0, 0.1) is 20.2 Å². The molecule has 110 valence electrons. The highest BCUT2D eigenvalue weighted by Gasteiger charge is 2.35. The van der Waals surface area contributed by atoms with Crippen molar-refractivity contribution in [2.75, 3.05) is 11.9 Å². The second-order valence-electron chi connectivity index (χ2n) is 4.08. The standard InChI is InChI=1S/C12H10BrN3O4S/c13-11-9(15(17)18)10(16(19)20)12(21-11)14-7-6-8-4-2-1-3-5-8/h1-5,14H,6-7H2. The van der Waals surface area contributed by atoms with Crippen molar-refractivity contribution in [3.63, 3.8) is 0 Å². The molecule has 9 heteroatoms. The van der Waals surface area contributed by atoms with Crippen molar-refractivity contribution < 1.29 is 9.85 Å². The van der Waals surface area contributed by atoms with Crippen LogP contribution in [0.25, 0.3) is 0 Å². The Morgan fingerprint density at radius 2 is 1.71 bits per heavy atom. The lowest BCUT2D eigenvalue weighted by Crippen LogP contribution is -2.05. The summed E-state index contributed by atoms with van der Waals surface area (Å²) in [7, 11) is 0. The van der Waals surface area contributed by atoms with E-state index in [2.05, 4.69) is 21.2 Å². The molecule has 1 aromatic carbocycles. The van der Waals surface area contributed by atoms with Gasteiger partial charge in [0.15, 0.2) is 8.79 Å². The second-order valence-corrected chi connectivity index (χ2v) is 6.42. The van der Waals surface area contributed by atoms with Gasteiger partial charge in [-0.3, -0.25) is 20.2 Å². The average molecular weight is 372 g/mol. The predicted octanol–water partition coefficient (Wildman–Crippen LogP) is 3.98. The summed E-state index contributed by atoms with van der Waals surface area (Å²) in [6, 6.07) is 9.61. The zero-order chi connectivity index (χ0) is 15.4. The molecule has 7 nitrogen and oxygen atoms in total. The van der Waals surface area contributed by atoms with E-state index in [9.17, 15) is 20.2 Å². The molecule has 0 aliphatic heterocycles. The third-order valence-corrected chi connectivity index (χ3v) is 4.50. The average Bonchev–Trinajstić information content (AvgIpc) is 2.77. The van der Waals surface area contributed by atoms with Gasteiger partial charge in [-0.2, -0.15) is 0 Å². The van der Waals surface area contributed by atoms with Crippen LogP contribution in [0.5, 0.6) is 0 Å². The fourth-order valence-corrected chi connectivity index (χ4v) is 3.51. The Balaban J connectivity index is 2.15. The van der Waals surface area contributed by atoms with Gasteiger partial charge >= 0.3 is 11.4 Å². The fourth-order valence-electron chi connectivity index (χ4n) is 1.80. The Kier molecular flexibility index (Phi) is 4.86. The predicted molar refractivity (Wildman–Crippen MR) is 84.0 cm³/mol. The molecule has 1 aromatic heterocycles. The summed E-state index contributed by atoms with van der Waals surface area (Å²) in [5.74, 6) is 0. The van der Waals surface area contributed by atoms with E-state index in [-0.39, 0.29) is 8.79 Å². The number of thiophene rings is 1. The van der Waals surface area contributed by atoms with Gasteiger partial charge in [-0.05, 0) is 27.9 Å². The highest BCUT2D eigenvalue weighted by molar-refractivity contribution is 9.11. The van der Waals surface area contributed by atoms with Crippen LogP contribution in [0.15, 0.2) is 34.1 Å². The molecule has 0 spiro atoms. The van der Waals surface area contributed by atoms with Gasteiger partial charge in [0.05, 0.1) is 9.85 Å². The quantitative estimate of drug-likeness (QED) is 0.611. The first-order valence-electron chi connectivity index (χ1n) is 5.89. The molecule has 0 radical (unpaired) electrons. The van der Waals surface area contributed by atoms with Crippen LogP contribution in [-0.4, -0.2) is 16.4 Å². The summed E-state index contributed by atoms with van der Waals surface area (Å²) in [6.45, 7) is 0.453. The zero-order valence-corrected chi connectivity index (χ0v) is 13.0. The van der Waals surface area contributed by atoms with Crippen LogP contribution in [0.1, 0.15) is 5.56 Å². The molecule has 0 aliphatic rings. The molecule has 0 saturated carbocycles. The van der Waals surface area contributed by atoms with Gasteiger partial charge < -0.3 is 5.32 Å². The van der Waals surface area contributed by atoms with Gasteiger partial charge in [0.1, 0.15) is 0 Å². The third kappa shape index (κ3) is 3.56. The molecule has 1 N–H and O–H groups in total. The SMILES string of the molecule is O=[N+]([O-])c1c(Br)sc(NCCc2ccccc2)c1[N+](=O)[O-]. The third-order valence-electron chi connectivity index (χ3n) is 2.72. The number of nitro groups is 2. The molecule has 0 unspecified atom stereocenters. The monoisotopic (exact) mass is 371 g/mol. The van der Waals surface area contributed by atoms with E-state index in [1.807, 2.05) is 30.3 Å². The summed E-state index contributed by atoms with van der Waals surface area (Å²) in [5, 5.41) is 25.0. The van der Waals surface area contributed by atoms with E-state index in [1.54, 1.807) is 0 Å². The molecule has 0 atom stereocenters. The Labute approximate surface area is 132 Å². The number of hydrogen-bond acceptors (Lipinski definition) is 6. The summed E-state index contributed by atoms with van der Waals surface area (Å²) in [4.78, 5) is 20.5.